The third-order valence-electron chi connectivity index (χ3n) is 4.33. The van der Waals surface area contributed by atoms with Gasteiger partial charge in [-0.2, -0.15) is 0 Å². The number of anilines is 2. The van der Waals surface area contributed by atoms with Gasteiger partial charge in [-0.05, 0) is 51.1 Å². The van der Waals surface area contributed by atoms with E-state index in [2.05, 4.69) is 5.32 Å². The summed E-state index contributed by atoms with van der Waals surface area (Å²) in [6.07, 6.45) is 0. The van der Waals surface area contributed by atoms with E-state index in [1.807, 2.05) is 31.2 Å². The van der Waals surface area contributed by atoms with Crippen LogP contribution in [0.1, 0.15) is 29.8 Å². The van der Waals surface area contributed by atoms with Crippen molar-refractivity contribution in [3.05, 3.63) is 53.6 Å². The Hall–Kier alpha value is -3.15. The maximum Gasteiger partial charge on any atom is 0.265 e. The first-order valence-electron chi connectivity index (χ1n) is 8.34. The van der Waals surface area contributed by atoms with E-state index in [0.29, 0.717) is 22.7 Å². The Morgan fingerprint density at radius 2 is 1.85 bits per heavy atom. The number of nitrogens with one attached hydrogen (secondary N) is 1. The largest absolute Gasteiger partial charge is 0.482 e. The normalized spacial score (nSPS) is 14.3. The van der Waals surface area contributed by atoms with Crippen molar-refractivity contribution in [2.24, 2.45) is 0 Å². The smallest absolute Gasteiger partial charge is 0.265 e. The van der Waals surface area contributed by atoms with E-state index in [4.69, 9.17) is 4.74 Å². The number of ether oxygens (including phenoxy) is 1. The highest BCUT2D eigenvalue weighted by atomic mass is 16.5. The zero-order chi connectivity index (χ0) is 18.8. The van der Waals surface area contributed by atoms with E-state index in [9.17, 15) is 14.4 Å². The summed E-state index contributed by atoms with van der Waals surface area (Å²) in [5.74, 6) is -0.292. The van der Waals surface area contributed by atoms with Crippen LogP contribution >= 0.6 is 0 Å². The van der Waals surface area contributed by atoms with E-state index in [1.165, 1.54) is 11.8 Å². The van der Waals surface area contributed by atoms with Crippen LogP contribution in [0.25, 0.3) is 0 Å². The van der Waals surface area contributed by atoms with Crippen molar-refractivity contribution in [3.8, 4) is 5.75 Å². The molecule has 0 saturated heterocycles. The van der Waals surface area contributed by atoms with Gasteiger partial charge in [0.25, 0.3) is 5.91 Å². The molecule has 0 saturated carbocycles. The molecule has 1 heterocycles. The molecule has 1 aliphatic heterocycles. The molecular formula is C20H20N2O4. The molecule has 0 bridgehead atoms. The third-order valence-corrected chi connectivity index (χ3v) is 4.33. The monoisotopic (exact) mass is 352 g/mol. The zero-order valence-corrected chi connectivity index (χ0v) is 14.9. The summed E-state index contributed by atoms with van der Waals surface area (Å²) in [6.45, 7) is 4.92. The fourth-order valence-corrected chi connectivity index (χ4v) is 2.82. The Morgan fingerprint density at radius 1 is 1.15 bits per heavy atom. The molecule has 3 rings (SSSR count). The molecule has 134 valence electrons. The second kappa shape index (κ2) is 7.00. The Morgan fingerprint density at radius 3 is 2.50 bits per heavy atom. The van der Waals surface area contributed by atoms with Crippen molar-refractivity contribution in [1.82, 2.24) is 0 Å². The van der Waals surface area contributed by atoms with Gasteiger partial charge in [0.2, 0.25) is 5.91 Å². The summed E-state index contributed by atoms with van der Waals surface area (Å²) < 4.78 is 5.43. The fraction of sp³-hybridized carbons (Fsp3) is 0.250. The van der Waals surface area contributed by atoms with Gasteiger partial charge in [-0.15, -0.1) is 0 Å². The van der Waals surface area contributed by atoms with Gasteiger partial charge in [0.05, 0.1) is 5.69 Å². The van der Waals surface area contributed by atoms with Crippen LogP contribution in [0.5, 0.6) is 5.75 Å². The first-order valence-corrected chi connectivity index (χ1v) is 8.34. The summed E-state index contributed by atoms with van der Waals surface area (Å²) in [7, 11) is 0. The van der Waals surface area contributed by atoms with Crippen LogP contribution in [0, 0.1) is 6.92 Å². The summed E-state index contributed by atoms with van der Waals surface area (Å²) in [5, 5.41) is 2.81. The molecule has 0 aromatic heterocycles. The fourth-order valence-electron chi connectivity index (χ4n) is 2.82. The van der Waals surface area contributed by atoms with Crippen LogP contribution in [0.4, 0.5) is 11.4 Å². The average molecular weight is 352 g/mol. The number of hydrogen-bond donors (Lipinski definition) is 1. The van der Waals surface area contributed by atoms with Crippen LogP contribution < -0.4 is 15.0 Å². The molecule has 6 nitrogen and oxygen atoms in total. The Bertz CT molecular complexity index is 874. The number of benzene rings is 2. The minimum absolute atomic E-state index is 0.123. The van der Waals surface area contributed by atoms with Crippen molar-refractivity contribution < 1.29 is 19.1 Å². The van der Waals surface area contributed by atoms with Gasteiger partial charge in [-0.1, -0.05) is 17.7 Å². The molecular weight excluding hydrogens is 332 g/mol. The molecule has 2 aromatic rings. The molecule has 0 aliphatic carbocycles. The first kappa shape index (κ1) is 17.7. The lowest BCUT2D eigenvalue weighted by atomic mass is 10.1. The molecule has 2 aromatic carbocycles. The number of carbonyl (C=O) groups is 3. The van der Waals surface area contributed by atoms with Gasteiger partial charge >= 0.3 is 0 Å². The highest BCUT2D eigenvalue weighted by Crippen LogP contribution is 2.34. The molecule has 0 fully saturated rings. The number of hydrogen-bond acceptors (Lipinski definition) is 4. The van der Waals surface area contributed by atoms with E-state index >= 15 is 0 Å². The predicted octanol–water partition coefficient (Wildman–Crippen LogP) is 2.95. The minimum Gasteiger partial charge on any atom is -0.482 e. The first-order chi connectivity index (χ1) is 12.4. The van der Waals surface area contributed by atoms with Crippen LogP contribution in [0.2, 0.25) is 0 Å². The topological polar surface area (TPSA) is 75.7 Å². The lowest BCUT2D eigenvalue weighted by molar-refractivity contribution is -0.125. The van der Waals surface area contributed by atoms with E-state index in [1.54, 1.807) is 25.1 Å². The maximum atomic E-state index is 12.7. The molecule has 1 N–H and O–H groups in total. The van der Waals surface area contributed by atoms with Gasteiger partial charge in [-0.25, -0.2) is 0 Å². The maximum absolute atomic E-state index is 12.7. The lowest BCUT2D eigenvalue weighted by Gasteiger charge is -2.33. The van der Waals surface area contributed by atoms with E-state index < -0.39 is 6.04 Å². The predicted molar refractivity (Wildman–Crippen MR) is 98.7 cm³/mol. The summed E-state index contributed by atoms with van der Waals surface area (Å²) >= 11 is 0. The average Bonchev–Trinajstić information content (AvgIpc) is 2.62. The van der Waals surface area contributed by atoms with Crippen molar-refractivity contribution >= 4 is 29.0 Å². The number of rotatable bonds is 4. The molecule has 1 aliphatic rings. The Kier molecular flexibility index (Phi) is 4.75. The van der Waals surface area contributed by atoms with Crippen molar-refractivity contribution in [2.45, 2.75) is 26.8 Å². The standard InChI is InChI=1S/C20H20N2O4/c1-12-4-7-16(8-5-12)21-20(25)13(2)22-17-10-15(14(3)23)6-9-18(17)26-11-19(22)24/h4-10,13H,11H2,1-3H3,(H,21,25). The molecule has 1 unspecified atom stereocenters. The molecule has 0 radical (unpaired) electrons. The van der Waals surface area contributed by atoms with Crippen molar-refractivity contribution in [2.75, 3.05) is 16.8 Å². The highest BCUT2D eigenvalue weighted by Gasteiger charge is 2.33. The number of carbonyl (C=O) groups excluding carboxylic acids is 3. The van der Waals surface area contributed by atoms with Crippen molar-refractivity contribution in [1.29, 1.82) is 0 Å². The van der Waals surface area contributed by atoms with Gasteiger partial charge in [0, 0.05) is 11.3 Å². The second-order valence-electron chi connectivity index (χ2n) is 6.32. The van der Waals surface area contributed by atoms with E-state index in [0.717, 1.165) is 5.56 Å². The molecule has 26 heavy (non-hydrogen) atoms. The van der Waals surface area contributed by atoms with Crippen LogP contribution in [0.3, 0.4) is 0 Å². The van der Waals surface area contributed by atoms with Crippen LogP contribution in [-0.2, 0) is 9.59 Å². The van der Waals surface area contributed by atoms with Gasteiger partial charge < -0.3 is 10.1 Å². The number of aryl methyl sites for hydroxylation is 1. The Balaban J connectivity index is 1.88. The summed E-state index contributed by atoms with van der Waals surface area (Å²) in [5.41, 5.74) is 2.63. The second-order valence-corrected chi connectivity index (χ2v) is 6.32. The minimum atomic E-state index is -0.756. The van der Waals surface area contributed by atoms with E-state index in [-0.39, 0.29) is 24.2 Å². The summed E-state index contributed by atoms with van der Waals surface area (Å²) in [4.78, 5) is 38.1. The Labute approximate surface area is 151 Å². The summed E-state index contributed by atoms with van der Waals surface area (Å²) in [6, 6.07) is 11.5. The quantitative estimate of drug-likeness (QED) is 0.859. The lowest BCUT2D eigenvalue weighted by Crippen LogP contribution is -2.49. The van der Waals surface area contributed by atoms with Crippen LogP contribution in [-0.4, -0.2) is 30.2 Å². The highest BCUT2D eigenvalue weighted by molar-refractivity contribution is 6.07. The molecule has 2 amide bonds. The number of nitrogens with zero attached hydrogens (tertiary/aromatic N) is 1. The number of amides is 2. The molecule has 0 spiro atoms. The molecule has 6 heteroatoms. The van der Waals surface area contributed by atoms with Crippen LogP contribution in [0.15, 0.2) is 42.5 Å². The SMILES string of the molecule is CC(=O)c1ccc2c(c1)N(C(C)C(=O)Nc1ccc(C)cc1)C(=O)CO2. The number of fused-ring (bicyclic) bond motifs is 1. The van der Waals surface area contributed by atoms with Gasteiger partial charge in [0.1, 0.15) is 11.8 Å². The number of ketones is 1. The van der Waals surface area contributed by atoms with Crippen molar-refractivity contribution in [3.63, 3.8) is 0 Å². The number of Topliss-reactive ketones (excluding diaryl/α,β-unsaturated/α-hetero) is 1. The third kappa shape index (κ3) is 3.44. The van der Waals surface area contributed by atoms with Gasteiger partial charge in [0.15, 0.2) is 12.4 Å². The zero-order valence-electron chi connectivity index (χ0n) is 14.9. The molecule has 1 atom stereocenters. The van der Waals surface area contributed by atoms with Gasteiger partial charge in [-0.3, -0.25) is 19.3 Å².